The van der Waals surface area contributed by atoms with E-state index in [1.54, 1.807) is 24.4 Å². The molecule has 0 bridgehead atoms. The lowest BCUT2D eigenvalue weighted by atomic mass is 10.1. The zero-order chi connectivity index (χ0) is 24.5. The molecule has 0 atom stereocenters. The second-order valence-electron chi connectivity index (χ2n) is 8.53. The monoisotopic (exact) mass is 530 g/mol. The molecule has 0 aliphatic rings. The Morgan fingerprint density at radius 3 is 2.69 bits per heavy atom. The summed E-state index contributed by atoms with van der Waals surface area (Å²) in [7, 11) is 0. The van der Waals surface area contributed by atoms with Crippen molar-refractivity contribution in [1.29, 1.82) is 0 Å². The molecule has 0 N–H and O–H groups in total. The van der Waals surface area contributed by atoms with Crippen LogP contribution in [-0.4, -0.2) is 20.4 Å². The highest BCUT2D eigenvalue weighted by atomic mass is 79.9. The van der Waals surface area contributed by atoms with Crippen LogP contribution in [0.1, 0.15) is 36.0 Å². The van der Waals surface area contributed by atoms with Crippen LogP contribution in [0.15, 0.2) is 81.1 Å². The largest absolute Gasteiger partial charge is 0.340 e. The number of para-hydroxylation sites is 1. The molecular formula is C28H24BrFN4O. The predicted octanol–water partition coefficient (Wildman–Crippen LogP) is 6.44. The molecule has 176 valence electrons. The summed E-state index contributed by atoms with van der Waals surface area (Å²) in [6.45, 7) is 4.60. The smallest absolute Gasteiger partial charge is 0.282 e. The van der Waals surface area contributed by atoms with Gasteiger partial charge in [-0.3, -0.25) is 4.79 Å². The average Bonchev–Trinajstić information content (AvgIpc) is 3.10. The number of halogens is 2. The summed E-state index contributed by atoms with van der Waals surface area (Å²) in [6.07, 6.45) is 3.22. The van der Waals surface area contributed by atoms with Crippen molar-refractivity contribution in [3.8, 4) is 0 Å². The van der Waals surface area contributed by atoms with Gasteiger partial charge < -0.3 is 4.57 Å². The van der Waals surface area contributed by atoms with Crippen LogP contribution in [-0.2, 0) is 13.0 Å². The molecule has 5 nitrogen and oxygen atoms in total. The third kappa shape index (κ3) is 4.44. The molecule has 0 fully saturated rings. The lowest BCUT2D eigenvalue weighted by Crippen LogP contribution is -2.22. The summed E-state index contributed by atoms with van der Waals surface area (Å²) in [5.41, 5.74) is 4.27. The Morgan fingerprint density at radius 2 is 1.89 bits per heavy atom. The van der Waals surface area contributed by atoms with Gasteiger partial charge in [0.15, 0.2) is 0 Å². The number of nitrogens with zero attached hydrogens (tertiary/aromatic N) is 4. The van der Waals surface area contributed by atoms with Crippen molar-refractivity contribution in [1.82, 2.24) is 14.2 Å². The van der Waals surface area contributed by atoms with Gasteiger partial charge in [0.2, 0.25) is 0 Å². The zero-order valence-electron chi connectivity index (χ0n) is 19.5. The van der Waals surface area contributed by atoms with E-state index < -0.39 is 0 Å². The summed E-state index contributed by atoms with van der Waals surface area (Å²) < 4.78 is 18.2. The third-order valence-electron chi connectivity index (χ3n) is 6.16. The second-order valence-corrected chi connectivity index (χ2v) is 9.45. The maximum absolute atomic E-state index is 13.8. The van der Waals surface area contributed by atoms with E-state index in [0.29, 0.717) is 29.7 Å². The standard InChI is InChI=1S/C28H24BrFN4O/c1-3-7-27-32-25-13-12-20(29)15-23(25)28(35)34(27)31-16-24-18(2)33(26-11-5-4-10-22(24)26)17-19-8-6-9-21(30)14-19/h4-6,8-16H,3,7,17H2,1-2H3. The molecule has 0 amide bonds. The van der Waals surface area contributed by atoms with Crippen LogP contribution in [0.4, 0.5) is 4.39 Å². The minimum atomic E-state index is -0.253. The normalized spacial score (nSPS) is 11.8. The van der Waals surface area contributed by atoms with Crippen molar-refractivity contribution in [3.63, 3.8) is 0 Å². The number of aromatic nitrogens is 3. The number of rotatable bonds is 6. The molecule has 0 aliphatic heterocycles. The van der Waals surface area contributed by atoms with Crippen LogP contribution in [0.2, 0.25) is 0 Å². The van der Waals surface area contributed by atoms with Crippen LogP contribution in [0.3, 0.4) is 0 Å². The van der Waals surface area contributed by atoms with E-state index >= 15 is 0 Å². The Kier molecular flexibility index (Phi) is 6.34. The molecular weight excluding hydrogens is 507 g/mol. The molecule has 2 aromatic heterocycles. The van der Waals surface area contributed by atoms with E-state index in [2.05, 4.69) is 32.5 Å². The fourth-order valence-corrected chi connectivity index (χ4v) is 4.82. The molecule has 0 aliphatic carbocycles. The van der Waals surface area contributed by atoms with E-state index in [4.69, 9.17) is 4.98 Å². The molecule has 35 heavy (non-hydrogen) atoms. The Hall–Kier alpha value is -3.58. The van der Waals surface area contributed by atoms with Crippen LogP contribution in [0.5, 0.6) is 0 Å². The fraction of sp³-hybridized carbons (Fsp3) is 0.179. The molecule has 0 unspecified atom stereocenters. The van der Waals surface area contributed by atoms with Crippen molar-refractivity contribution in [2.45, 2.75) is 33.2 Å². The number of hydrogen-bond donors (Lipinski definition) is 0. The van der Waals surface area contributed by atoms with Crippen molar-refractivity contribution in [2.24, 2.45) is 5.10 Å². The average molecular weight is 531 g/mol. The Morgan fingerprint density at radius 1 is 1.06 bits per heavy atom. The second kappa shape index (κ2) is 9.58. The molecule has 7 heteroatoms. The first-order valence-corrected chi connectivity index (χ1v) is 12.3. The van der Waals surface area contributed by atoms with Crippen LogP contribution < -0.4 is 5.56 Å². The highest BCUT2D eigenvalue weighted by molar-refractivity contribution is 9.10. The van der Waals surface area contributed by atoms with Gasteiger partial charge >= 0.3 is 0 Å². The third-order valence-corrected chi connectivity index (χ3v) is 6.65. The summed E-state index contributed by atoms with van der Waals surface area (Å²) in [5, 5.41) is 6.18. The van der Waals surface area contributed by atoms with Gasteiger partial charge in [0.25, 0.3) is 5.56 Å². The van der Waals surface area contributed by atoms with Crippen LogP contribution in [0.25, 0.3) is 21.8 Å². The van der Waals surface area contributed by atoms with Gasteiger partial charge in [0.05, 0.1) is 17.1 Å². The van der Waals surface area contributed by atoms with Crippen molar-refractivity contribution >= 4 is 44.0 Å². The van der Waals surface area contributed by atoms with Crippen LogP contribution >= 0.6 is 15.9 Å². The van der Waals surface area contributed by atoms with Gasteiger partial charge in [0, 0.05) is 39.6 Å². The van der Waals surface area contributed by atoms with Crippen molar-refractivity contribution in [2.75, 3.05) is 0 Å². The van der Waals surface area contributed by atoms with Gasteiger partial charge in [-0.1, -0.05) is 53.2 Å². The zero-order valence-corrected chi connectivity index (χ0v) is 21.1. The quantitative estimate of drug-likeness (QED) is 0.237. The molecule has 0 saturated heterocycles. The lowest BCUT2D eigenvalue weighted by Gasteiger charge is -2.09. The number of fused-ring (bicyclic) bond motifs is 2. The highest BCUT2D eigenvalue weighted by Crippen LogP contribution is 2.26. The number of hydrogen-bond acceptors (Lipinski definition) is 3. The molecule has 0 saturated carbocycles. The van der Waals surface area contributed by atoms with E-state index in [0.717, 1.165) is 38.6 Å². The van der Waals surface area contributed by atoms with Gasteiger partial charge in [0.1, 0.15) is 11.6 Å². The lowest BCUT2D eigenvalue weighted by molar-refractivity contribution is 0.623. The Labute approximate surface area is 210 Å². The summed E-state index contributed by atoms with van der Waals surface area (Å²) in [6, 6.07) is 20.2. The van der Waals surface area contributed by atoms with E-state index in [1.807, 2.05) is 49.4 Å². The molecule has 5 rings (SSSR count). The van der Waals surface area contributed by atoms with Crippen LogP contribution in [0, 0.1) is 12.7 Å². The van der Waals surface area contributed by atoms with Crippen molar-refractivity contribution in [3.05, 3.63) is 110 Å². The first kappa shape index (κ1) is 23.2. The fourth-order valence-electron chi connectivity index (χ4n) is 4.46. The predicted molar refractivity (Wildman–Crippen MR) is 143 cm³/mol. The van der Waals surface area contributed by atoms with Gasteiger partial charge in [-0.2, -0.15) is 9.78 Å². The first-order chi connectivity index (χ1) is 17.0. The highest BCUT2D eigenvalue weighted by Gasteiger charge is 2.15. The maximum atomic E-state index is 13.8. The van der Waals surface area contributed by atoms with E-state index in [1.165, 1.54) is 10.7 Å². The topological polar surface area (TPSA) is 52.2 Å². The SMILES string of the molecule is CCCc1nc2ccc(Br)cc2c(=O)n1N=Cc1c(C)n(Cc2cccc(F)c2)c2ccccc12. The Balaban J connectivity index is 1.65. The molecule has 5 aromatic rings. The molecule has 2 heterocycles. The van der Waals surface area contributed by atoms with Crippen molar-refractivity contribution < 1.29 is 4.39 Å². The van der Waals surface area contributed by atoms with E-state index in [-0.39, 0.29) is 11.4 Å². The minimum absolute atomic E-state index is 0.197. The summed E-state index contributed by atoms with van der Waals surface area (Å²) in [4.78, 5) is 18.1. The number of aryl methyl sites for hydroxylation is 1. The number of benzene rings is 3. The Bertz CT molecular complexity index is 1650. The van der Waals surface area contributed by atoms with Gasteiger partial charge in [-0.15, -0.1) is 0 Å². The minimum Gasteiger partial charge on any atom is -0.340 e. The first-order valence-electron chi connectivity index (χ1n) is 11.5. The molecule has 0 radical (unpaired) electrons. The molecule has 0 spiro atoms. The van der Waals surface area contributed by atoms with Gasteiger partial charge in [-0.25, -0.2) is 9.37 Å². The maximum Gasteiger partial charge on any atom is 0.282 e. The van der Waals surface area contributed by atoms with E-state index in [9.17, 15) is 9.18 Å². The summed E-state index contributed by atoms with van der Waals surface area (Å²) >= 11 is 3.45. The van der Waals surface area contributed by atoms with Gasteiger partial charge in [-0.05, 0) is 55.3 Å². The molecule has 3 aromatic carbocycles. The summed E-state index contributed by atoms with van der Waals surface area (Å²) in [5.74, 6) is 0.376.